The van der Waals surface area contributed by atoms with Gasteiger partial charge in [0.05, 0.1) is 6.26 Å². The molecule has 1 heterocycles. The molecule has 0 saturated heterocycles. The van der Waals surface area contributed by atoms with E-state index in [2.05, 4.69) is 15.9 Å². The number of halogens is 1. The van der Waals surface area contributed by atoms with Crippen LogP contribution in [-0.4, -0.2) is 19.2 Å². The van der Waals surface area contributed by atoms with E-state index in [1.165, 1.54) is 6.26 Å². The van der Waals surface area contributed by atoms with Crippen LogP contribution in [0.1, 0.15) is 16.1 Å². The largest absolute Gasteiger partial charge is 0.490 e. The smallest absolute Gasteiger partial charge is 0.374 e. The fraction of sp³-hybridized carbons (Fsp3) is 0.214. The van der Waals surface area contributed by atoms with Crippen molar-refractivity contribution >= 4 is 21.9 Å². The highest BCUT2D eigenvalue weighted by molar-refractivity contribution is 9.10. The molecule has 100 valence electrons. The van der Waals surface area contributed by atoms with Crippen LogP contribution in [0.3, 0.4) is 0 Å². The Labute approximate surface area is 119 Å². The molecule has 0 radical (unpaired) electrons. The second-order valence-electron chi connectivity index (χ2n) is 3.87. The van der Waals surface area contributed by atoms with Gasteiger partial charge in [-0.05, 0) is 37.3 Å². The lowest BCUT2D eigenvalue weighted by Gasteiger charge is -2.06. The summed E-state index contributed by atoms with van der Waals surface area (Å²) in [7, 11) is 0. The lowest BCUT2D eigenvalue weighted by Crippen LogP contribution is -2.12. The van der Waals surface area contributed by atoms with E-state index in [0.29, 0.717) is 6.61 Å². The van der Waals surface area contributed by atoms with Gasteiger partial charge < -0.3 is 13.9 Å². The van der Waals surface area contributed by atoms with Crippen molar-refractivity contribution in [2.24, 2.45) is 0 Å². The predicted octanol–water partition coefficient (Wildman–Crippen LogP) is 3.59. The van der Waals surface area contributed by atoms with E-state index in [9.17, 15) is 4.79 Å². The molecule has 0 saturated carbocycles. The van der Waals surface area contributed by atoms with E-state index in [1.54, 1.807) is 13.0 Å². The number of carbonyl (C=O) groups is 1. The number of rotatable bonds is 5. The lowest BCUT2D eigenvalue weighted by molar-refractivity contribution is 0.0414. The van der Waals surface area contributed by atoms with Crippen molar-refractivity contribution in [2.45, 2.75) is 6.92 Å². The highest BCUT2D eigenvalue weighted by Gasteiger charge is 2.13. The summed E-state index contributed by atoms with van der Waals surface area (Å²) in [5.41, 5.74) is 0.763. The molecule has 0 fully saturated rings. The van der Waals surface area contributed by atoms with Crippen molar-refractivity contribution < 1.29 is 18.7 Å². The zero-order valence-electron chi connectivity index (χ0n) is 10.4. The number of ether oxygens (including phenoxy) is 2. The average Bonchev–Trinajstić information content (AvgIpc) is 2.83. The molecule has 0 aliphatic rings. The number of esters is 1. The molecule has 0 amide bonds. The van der Waals surface area contributed by atoms with Crippen LogP contribution in [0.2, 0.25) is 0 Å². The Morgan fingerprint density at radius 2 is 1.95 bits per heavy atom. The molecule has 0 N–H and O–H groups in total. The molecular weight excluding hydrogens is 312 g/mol. The van der Waals surface area contributed by atoms with Crippen LogP contribution in [0.25, 0.3) is 0 Å². The molecule has 19 heavy (non-hydrogen) atoms. The van der Waals surface area contributed by atoms with Gasteiger partial charge in [0, 0.05) is 10.0 Å². The van der Waals surface area contributed by atoms with Gasteiger partial charge in [-0.1, -0.05) is 15.9 Å². The molecular formula is C14H13BrO4. The molecule has 1 aromatic heterocycles. The van der Waals surface area contributed by atoms with E-state index >= 15 is 0 Å². The minimum absolute atomic E-state index is 0.176. The summed E-state index contributed by atoms with van der Waals surface area (Å²) in [6.07, 6.45) is 1.46. The molecule has 0 bridgehead atoms. The van der Waals surface area contributed by atoms with Crippen molar-refractivity contribution in [3.63, 3.8) is 0 Å². The topological polar surface area (TPSA) is 48.7 Å². The van der Waals surface area contributed by atoms with Crippen molar-refractivity contribution in [3.8, 4) is 5.75 Å². The van der Waals surface area contributed by atoms with Crippen molar-refractivity contribution in [2.75, 3.05) is 13.2 Å². The fourth-order valence-electron chi connectivity index (χ4n) is 1.47. The Hall–Kier alpha value is -1.75. The highest BCUT2D eigenvalue weighted by atomic mass is 79.9. The number of furan rings is 1. The third-order valence-corrected chi connectivity index (χ3v) is 2.98. The molecule has 4 nitrogen and oxygen atoms in total. The van der Waals surface area contributed by atoms with E-state index < -0.39 is 5.97 Å². The van der Waals surface area contributed by atoms with Gasteiger partial charge >= 0.3 is 5.97 Å². The number of benzene rings is 1. The monoisotopic (exact) mass is 324 g/mol. The highest BCUT2D eigenvalue weighted by Crippen LogP contribution is 2.16. The van der Waals surface area contributed by atoms with Gasteiger partial charge in [0.2, 0.25) is 5.76 Å². The Kier molecular flexibility index (Phi) is 4.63. The van der Waals surface area contributed by atoms with Crippen LogP contribution in [0.5, 0.6) is 5.75 Å². The summed E-state index contributed by atoms with van der Waals surface area (Å²) in [5, 5.41) is 0. The number of aryl methyl sites for hydroxylation is 1. The number of hydrogen-bond donors (Lipinski definition) is 0. The standard InChI is InChI=1S/C14H13BrO4/c1-10-6-7-18-13(10)14(16)19-9-8-17-12-4-2-11(15)3-5-12/h2-7H,8-9H2,1H3. The van der Waals surface area contributed by atoms with Crippen LogP contribution in [0.4, 0.5) is 0 Å². The van der Waals surface area contributed by atoms with E-state index in [4.69, 9.17) is 13.9 Å². The molecule has 0 aliphatic heterocycles. The minimum Gasteiger partial charge on any atom is -0.490 e. The molecule has 0 atom stereocenters. The normalized spacial score (nSPS) is 10.2. The maximum atomic E-state index is 11.6. The molecule has 0 aliphatic carbocycles. The first-order chi connectivity index (χ1) is 9.16. The Morgan fingerprint density at radius 3 is 2.58 bits per heavy atom. The van der Waals surface area contributed by atoms with Crippen LogP contribution in [-0.2, 0) is 4.74 Å². The van der Waals surface area contributed by atoms with E-state index in [0.717, 1.165) is 15.8 Å². The second kappa shape index (κ2) is 6.43. The van der Waals surface area contributed by atoms with Gasteiger partial charge in [0.1, 0.15) is 19.0 Å². The van der Waals surface area contributed by atoms with Gasteiger partial charge in [0.15, 0.2) is 0 Å². The summed E-state index contributed by atoms with van der Waals surface area (Å²) < 4.78 is 16.5. The quantitative estimate of drug-likeness (QED) is 0.623. The van der Waals surface area contributed by atoms with Crippen molar-refractivity contribution in [1.29, 1.82) is 0 Å². The molecule has 0 spiro atoms. The molecule has 5 heteroatoms. The molecule has 0 unspecified atom stereocenters. The molecule has 1 aromatic carbocycles. The summed E-state index contributed by atoms with van der Waals surface area (Å²) >= 11 is 3.34. The number of hydrogen-bond acceptors (Lipinski definition) is 4. The lowest BCUT2D eigenvalue weighted by atomic mass is 10.3. The molecule has 2 rings (SSSR count). The first-order valence-electron chi connectivity index (χ1n) is 5.76. The van der Waals surface area contributed by atoms with Crippen molar-refractivity contribution in [3.05, 3.63) is 52.4 Å². The van der Waals surface area contributed by atoms with Crippen molar-refractivity contribution in [1.82, 2.24) is 0 Å². The van der Waals surface area contributed by atoms with Gasteiger partial charge in [-0.2, -0.15) is 0 Å². The maximum Gasteiger partial charge on any atom is 0.374 e. The van der Waals surface area contributed by atoms with E-state index in [1.807, 2.05) is 24.3 Å². The Bertz CT molecular complexity index is 545. The summed E-state index contributed by atoms with van der Waals surface area (Å²) in [5.74, 6) is 0.499. The average molecular weight is 325 g/mol. The summed E-state index contributed by atoms with van der Waals surface area (Å²) in [6.45, 7) is 2.26. The van der Waals surface area contributed by atoms with Gasteiger partial charge in [0.25, 0.3) is 0 Å². The zero-order valence-corrected chi connectivity index (χ0v) is 12.0. The summed E-state index contributed by atoms with van der Waals surface area (Å²) in [6, 6.07) is 9.15. The Morgan fingerprint density at radius 1 is 1.21 bits per heavy atom. The third-order valence-electron chi connectivity index (χ3n) is 2.45. The Balaban J connectivity index is 1.74. The first-order valence-corrected chi connectivity index (χ1v) is 6.55. The van der Waals surface area contributed by atoms with Crippen LogP contribution >= 0.6 is 15.9 Å². The van der Waals surface area contributed by atoms with Crippen LogP contribution in [0, 0.1) is 6.92 Å². The molecule has 2 aromatic rings. The maximum absolute atomic E-state index is 11.6. The zero-order chi connectivity index (χ0) is 13.7. The van der Waals surface area contributed by atoms with E-state index in [-0.39, 0.29) is 12.4 Å². The number of carbonyl (C=O) groups excluding carboxylic acids is 1. The van der Waals surface area contributed by atoms with Gasteiger partial charge in [-0.25, -0.2) is 4.79 Å². The van der Waals surface area contributed by atoms with Crippen LogP contribution in [0.15, 0.2) is 45.5 Å². The third kappa shape index (κ3) is 3.86. The van der Waals surface area contributed by atoms with Gasteiger partial charge in [-0.15, -0.1) is 0 Å². The fourth-order valence-corrected chi connectivity index (χ4v) is 1.74. The second-order valence-corrected chi connectivity index (χ2v) is 4.79. The first kappa shape index (κ1) is 13.7. The minimum atomic E-state index is -0.470. The van der Waals surface area contributed by atoms with Crippen LogP contribution < -0.4 is 4.74 Å². The summed E-state index contributed by atoms with van der Waals surface area (Å²) in [4.78, 5) is 11.6. The predicted molar refractivity (Wildman–Crippen MR) is 73.4 cm³/mol. The SMILES string of the molecule is Cc1ccoc1C(=O)OCCOc1ccc(Br)cc1. The van der Waals surface area contributed by atoms with Gasteiger partial charge in [-0.3, -0.25) is 0 Å².